The lowest BCUT2D eigenvalue weighted by molar-refractivity contribution is -0.385. The number of nitrogens with zero attached hydrogens (tertiary/aromatic N) is 2. The summed E-state index contributed by atoms with van der Waals surface area (Å²) >= 11 is 3.28. The molecule has 1 heterocycles. The highest BCUT2D eigenvalue weighted by Gasteiger charge is 2.28. The Balaban J connectivity index is 3.13. The van der Waals surface area contributed by atoms with E-state index in [1.807, 2.05) is 20.8 Å². The first-order valence-corrected chi connectivity index (χ1v) is 7.11. The lowest BCUT2D eigenvalue weighted by Gasteiger charge is -2.31. The number of aromatic nitrogens is 1. The van der Waals surface area contributed by atoms with Gasteiger partial charge in [-0.1, -0.05) is 20.8 Å². The van der Waals surface area contributed by atoms with Gasteiger partial charge in [-0.25, -0.2) is 4.98 Å². The Labute approximate surface area is 131 Å². The number of carboxylic acid groups (broad SMARTS) is 1. The molecule has 0 saturated carbocycles. The predicted octanol–water partition coefficient (Wildman–Crippen LogP) is 3.36. The van der Waals surface area contributed by atoms with Gasteiger partial charge >= 0.3 is 5.97 Å². The van der Waals surface area contributed by atoms with Gasteiger partial charge in [-0.2, -0.15) is 0 Å². The molecule has 21 heavy (non-hydrogen) atoms. The third kappa shape index (κ3) is 4.38. The molecule has 2 N–H and O–H groups in total. The van der Waals surface area contributed by atoms with Crippen LogP contribution in [-0.4, -0.2) is 27.0 Å². The topological polar surface area (TPSA) is 105 Å². The molecule has 1 aromatic heterocycles. The van der Waals surface area contributed by atoms with E-state index in [0.717, 1.165) is 0 Å². The Morgan fingerprint density at radius 2 is 2.14 bits per heavy atom. The maximum atomic E-state index is 11.0. The summed E-state index contributed by atoms with van der Waals surface area (Å²) in [6.45, 7) is 7.36. The number of pyridine rings is 1. The average molecular weight is 360 g/mol. The summed E-state index contributed by atoms with van der Waals surface area (Å²) in [6, 6.07) is -0.361. The van der Waals surface area contributed by atoms with E-state index in [-0.39, 0.29) is 23.6 Å². The minimum Gasteiger partial charge on any atom is -0.481 e. The highest BCUT2D eigenvalue weighted by molar-refractivity contribution is 9.10. The summed E-state index contributed by atoms with van der Waals surface area (Å²) in [5, 5.41) is 22.9. The Morgan fingerprint density at radius 3 is 2.57 bits per heavy atom. The highest BCUT2D eigenvalue weighted by Crippen LogP contribution is 2.33. The number of aliphatic carboxylic acids is 1. The highest BCUT2D eigenvalue weighted by atomic mass is 79.9. The maximum absolute atomic E-state index is 11.0. The van der Waals surface area contributed by atoms with E-state index in [4.69, 9.17) is 5.11 Å². The first kappa shape index (κ1) is 17.4. The second-order valence-electron chi connectivity index (χ2n) is 5.85. The van der Waals surface area contributed by atoms with Gasteiger partial charge in [0.25, 0.3) is 5.69 Å². The van der Waals surface area contributed by atoms with Gasteiger partial charge in [0.2, 0.25) is 0 Å². The molecule has 0 spiro atoms. The zero-order chi connectivity index (χ0) is 16.4. The van der Waals surface area contributed by atoms with Crippen molar-refractivity contribution in [3.8, 4) is 0 Å². The summed E-state index contributed by atoms with van der Waals surface area (Å²) in [5.74, 6) is -0.517. The molecule has 7 nitrogen and oxygen atoms in total. The molecular formula is C13H18BrN3O4. The molecule has 0 amide bonds. The Morgan fingerprint density at radius 1 is 1.57 bits per heavy atom. The third-order valence-electron chi connectivity index (χ3n) is 3.17. The minimum atomic E-state index is -0.919. The summed E-state index contributed by atoms with van der Waals surface area (Å²) in [7, 11) is 0. The van der Waals surface area contributed by atoms with Crippen molar-refractivity contribution in [2.45, 2.75) is 40.2 Å². The number of hydrogen-bond acceptors (Lipinski definition) is 5. The standard InChI is InChI=1S/C13H18BrN3O4/c1-7-8(17(20)21)6-15-12(11(7)14)16-9(5-10(18)19)13(2,3)4/h6,9H,5H2,1-4H3,(H,15,16)(H,18,19). The zero-order valence-corrected chi connectivity index (χ0v) is 13.9. The molecule has 0 aliphatic heterocycles. The zero-order valence-electron chi connectivity index (χ0n) is 12.3. The smallest absolute Gasteiger partial charge is 0.305 e. The molecule has 1 rings (SSSR count). The molecule has 116 valence electrons. The number of carbonyl (C=O) groups is 1. The van der Waals surface area contributed by atoms with Gasteiger partial charge in [-0.05, 0) is 28.3 Å². The molecule has 0 aromatic carbocycles. The molecule has 0 fully saturated rings. The maximum Gasteiger partial charge on any atom is 0.305 e. The van der Waals surface area contributed by atoms with Crippen molar-refractivity contribution in [2.24, 2.45) is 5.41 Å². The minimum absolute atomic E-state index is 0.0757. The Kier molecular flexibility index (Phi) is 5.27. The fourth-order valence-electron chi connectivity index (χ4n) is 1.77. The van der Waals surface area contributed by atoms with E-state index >= 15 is 0 Å². The molecular weight excluding hydrogens is 342 g/mol. The van der Waals surface area contributed by atoms with Gasteiger partial charge in [0.05, 0.1) is 15.8 Å². The Hall–Kier alpha value is -1.70. The number of rotatable bonds is 5. The molecule has 0 bridgehead atoms. The molecule has 0 saturated heterocycles. The lowest BCUT2D eigenvalue weighted by atomic mass is 9.84. The fourth-order valence-corrected chi connectivity index (χ4v) is 2.19. The predicted molar refractivity (Wildman–Crippen MR) is 82.4 cm³/mol. The van der Waals surface area contributed by atoms with Crippen LogP contribution in [0.3, 0.4) is 0 Å². The van der Waals surface area contributed by atoms with Crippen molar-refractivity contribution in [2.75, 3.05) is 5.32 Å². The van der Waals surface area contributed by atoms with Gasteiger partial charge in [0, 0.05) is 11.6 Å². The van der Waals surface area contributed by atoms with Crippen LogP contribution in [0.15, 0.2) is 10.7 Å². The molecule has 1 atom stereocenters. The van der Waals surface area contributed by atoms with Crippen molar-refractivity contribution >= 4 is 33.4 Å². The van der Waals surface area contributed by atoms with Crippen LogP contribution in [-0.2, 0) is 4.79 Å². The molecule has 0 radical (unpaired) electrons. The van der Waals surface area contributed by atoms with Gasteiger partial charge in [0.15, 0.2) is 0 Å². The first-order valence-electron chi connectivity index (χ1n) is 6.32. The summed E-state index contributed by atoms with van der Waals surface area (Å²) < 4.78 is 0.469. The number of nitrogens with one attached hydrogen (secondary N) is 1. The molecule has 0 aliphatic rings. The van der Waals surface area contributed by atoms with Crippen molar-refractivity contribution in [3.05, 3.63) is 26.3 Å². The summed E-state index contributed by atoms with van der Waals surface area (Å²) in [6.07, 6.45) is 1.09. The quantitative estimate of drug-likeness (QED) is 0.616. The van der Waals surface area contributed by atoms with Crippen molar-refractivity contribution in [3.63, 3.8) is 0 Å². The van der Waals surface area contributed by atoms with E-state index in [1.54, 1.807) is 6.92 Å². The molecule has 8 heteroatoms. The van der Waals surface area contributed by atoms with E-state index in [1.165, 1.54) is 6.20 Å². The summed E-state index contributed by atoms with van der Waals surface area (Å²) in [4.78, 5) is 25.4. The normalized spacial score (nSPS) is 12.8. The van der Waals surface area contributed by atoms with Crippen LogP contribution in [0, 0.1) is 22.5 Å². The monoisotopic (exact) mass is 359 g/mol. The lowest BCUT2D eigenvalue weighted by Crippen LogP contribution is -2.36. The van der Waals surface area contributed by atoms with Crippen molar-refractivity contribution in [1.82, 2.24) is 4.98 Å². The van der Waals surface area contributed by atoms with E-state index in [0.29, 0.717) is 15.9 Å². The number of halogens is 1. The largest absolute Gasteiger partial charge is 0.481 e. The third-order valence-corrected chi connectivity index (χ3v) is 4.14. The molecule has 0 aliphatic carbocycles. The van der Waals surface area contributed by atoms with Gasteiger partial charge in [0.1, 0.15) is 12.0 Å². The van der Waals surface area contributed by atoms with Crippen LogP contribution >= 0.6 is 15.9 Å². The Bertz CT molecular complexity index is 569. The molecule has 1 aromatic rings. The number of anilines is 1. The van der Waals surface area contributed by atoms with Crippen LogP contribution in [0.4, 0.5) is 11.5 Å². The van der Waals surface area contributed by atoms with Crippen LogP contribution < -0.4 is 5.32 Å². The van der Waals surface area contributed by atoms with Crippen LogP contribution in [0.25, 0.3) is 0 Å². The number of carboxylic acids is 1. The summed E-state index contributed by atoms with van der Waals surface area (Å²) in [5.41, 5.74) is 0.0494. The van der Waals surface area contributed by atoms with E-state index in [2.05, 4.69) is 26.2 Å². The number of nitro groups is 1. The second kappa shape index (κ2) is 6.38. The van der Waals surface area contributed by atoms with Gasteiger partial charge in [-0.3, -0.25) is 14.9 Å². The van der Waals surface area contributed by atoms with Crippen molar-refractivity contribution in [1.29, 1.82) is 0 Å². The van der Waals surface area contributed by atoms with Crippen LogP contribution in [0.2, 0.25) is 0 Å². The fraction of sp³-hybridized carbons (Fsp3) is 0.538. The average Bonchev–Trinajstić information content (AvgIpc) is 2.31. The van der Waals surface area contributed by atoms with E-state index < -0.39 is 10.9 Å². The van der Waals surface area contributed by atoms with Gasteiger partial charge < -0.3 is 10.4 Å². The van der Waals surface area contributed by atoms with Crippen LogP contribution in [0.5, 0.6) is 0 Å². The second-order valence-corrected chi connectivity index (χ2v) is 6.64. The van der Waals surface area contributed by atoms with E-state index in [9.17, 15) is 14.9 Å². The molecule has 1 unspecified atom stereocenters. The number of hydrogen-bond donors (Lipinski definition) is 2. The van der Waals surface area contributed by atoms with Gasteiger partial charge in [-0.15, -0.1) is 0 Å². The van der Waals surface area contributed by atoms with Crippen LogP contribution in [0.1, 0.15) is 32.8 Å². The first-order chi connectivity index (χ1) is 9.54. The van der Waals surface area contributed by atoms with Crippen molar-refractivity contribution < 1.29 is 14.8 Å². The SMILES string of the molecule is Cc1c([N+](=O)[O-])cnc(NC(CC(=O)O)C(C)(C)C)c1Br.